The molecule has 0 spiro atoms. The highest BCUT2D eigenvalue weighted by molar-refractivity contribution is 9.10. The van der Waals surface area contributed by atoms with Gasteiger partial charge in [-0.15, -0.1) is 0 Å². The topological polar surface area (TPSA) is 24.1 Å². The van der Waals surface area contributed by atoms with Crippen LogP contribution in [0.4, 0.5) is 0 Å². The number of rotatable bonds is 7. The Labute approximate surface area is 106 Å². The van der Waals surface area contributed by atoms with E-state index in [1.54, 1.807) is 0 Å². The fourth-order valence-corrected chi connectivity index (χ4v) is 2.10. The average molecular weight is 283 g/mol. The van der Waals surface area contributed by atoms with Crippen LogP contribution in [-0.4, -0.2) is 19.1 Å². The van der Waals surface area contributed by atoms with Gasteiger partial charge in [-0.1, -0.05) is 34.1 Å². The average Bonchev–Trinajstić information content (AvgIpc) is 3.09. The minimum Gasteiger partial charge on any atom is -0.314 e. The van der Waals surface area contributed by atoms with Gasteiger partial charge in [0.1, 0.15) is 0 Å². The molecule has 0 bridgehead atoms. The molecule has 88 valence electrons. The zero-order chi connectivity index (χ0) is 11.2. The molecule has 0 atom stereocenters. The van der Waals surface area contributed by atoms with Crippen molar-refractivity contribution in [3.8, 4) is 0 Å². The van der Waals surface area contributed by atoms with Crippen LogP contribution in [0.25, 0.3) is 0 Å². The van der Waals surface area contributed by atoms with Gasteiger partial charge in [0.15, 0.2) is 0 Å². The lowest BCUT2D eigenvalue weighted by atomic mass is 10.2. The van der Waals surface area contributed by atoms with Crippen LogP contribution in [0.3, 0.4) is 0 Å². The van der Waals surface area contributed by atoms with E-state index in [0.717, 1.165) is 25.7 Å². The van der Waals surface area contributed by atoms with Crippen molar-refractivity contribution in [2.24, 2.45) is 0 Å². The molecule has 1 aromatic rings. The Kier molecular flexibility index (Phi) is 4.82. The minimum atomic E-state index is 0.836. The second kappa shape index (κ2) is 6.38. The van der Waals surface area contributed by atoms with Crippen molar-refractivity contribution >= 4 is 15.9 Å². The standard InChI is InChI=1S/C13H19BrN2/c14-13-5-2-1-4-11(13)10-15-8-3-9-16-12-6-7-12/h1-2,4-5,12,15-16H,3,6-10H2. The third-order valence-corrected chi connectivity index (χ3v) is 3.59. The molecule has 0 heterocycles. The van der Waals surface area contributed by atoms with Crippen molar-refractivity contribution < 1.29 is 0 Å². The monoisotopic (exact) mass is 282 g/mol. The van der Waals surface area contributed by atoms with E-state index in [1.165, 1.54) is 29.3 Å². The van der Waals surface area contributed by atoms with E-state index in [2.05, 4.69) is 44.8 Å². The molecule has 0 saturated heterocycles. The molecular formula is C13H19BrN2. The molecule has 3 heteroatoms. The first-order valence-electron chi connectivity index (χ1n) is 6.04. The summed E-state index contributed by atoms with van der Waals surface area (Å²) in [7, 11) is 0. The zero-order valence-corrected chi connectivity index (χ0v) is 11.1. The summed E-state index contributed by atoms with van der Waals surface area (Å²) in [6.45, 7) is 3.18. The predicted octanol–water partition coefficient (Wildman–Crippen LogP) is 2.68. The molecule has 0 amide bonds. The Balaban J connectivity index is 1.55. The van der Waals surface area contributed by atoms with Gasteiger partial charge in [0.05, 0.1) is 0 Å². The molecular weight excluding hydrogens is 264 g/mol. The van der Waals surface area contributed by atoms with Crippen LogP contribution < -0.4 is 10.6 Å². The first-order chi connectivity index (χ1) is 7.86. The van der Waals surface area contributed by atoms with Crippen LogP contribution in [0.15, 0.2) is 28.7 Å². The van der Waals surface area contributed by atoms with Gasteiger partial charge in [-0.25, -0.2) is 0 Å². The second-order valence-corrected chi connectivity index (χ2v) is 5.20. The van der Waals surface area contributed by atoms with E-state index < -0.39 is 0 Å². The maximum atomic E-state index is 3.55. The van der Waals surface area contributed by atoms with Gasteiger partial charge in [-0.05, 0) is 44.0 Å². The smallest absolute Gasteiger partial charge is 0.0220 e. The summed E-state index contributed by atoms with van der Waals surface area (Å²) in [6.07, 6.45) is 3.97. The first-order valence-corrected chi connectivity index (χ1v) is 6.83. The molecule has 16 heavy (non-hydrogen) atoms. The molecule has 0 unspecified atom stereocenters. The summed E-state index contributed by atoms with van der Waals surface area (Å²) in [5.74, 6) is 0. The van der Waals surface area contributed by atoms with Crippen molar-refractivity contribution in [2.45, 2.75) is 31.8 Å². The first kappa shape index (κ1) is 12.1. The maximum absolute atomic E-state index is 3.55. The molecule has 0 aromatic heterocycles. The van der Waals surface area contributed by atoms with Crippen LogP contribution >= 0.6 is 15.9 Å². The van der Waals surface area contributed by atoms with Gasteiger partial charge in [0.2, 0.25) is 0 Å². The second-order valence-electron chi connectivity index (χ2n) is 4.35. The third kappa shape index (κ3) is 4.24. The van der Waals surface area contributed by atoms with Crippen molar-refractivity contribution in [1.82, 2.24) is 10.6 Å². The molecule has 0 radical (unpaired) electrons. The van der Waals surface area contributed by atoms with E-state index in [4.69, 9.17) is 0 Å². The summed E-state index contributed by atoms with van der Waals surface area (Å²) in [6, 6.07) is 9.21. The SMILES string of the molecule is Brc1ccccc1CNCCCNC1CC1. The summed E-state index contributed by atoms with van der Waals surface area (Å²) in [4.78, 5) is 0. The van der Waals surface area contributed by atoms with Gasteiger partial charge < -0.3 is 10.6 Å². The van der Waals surface area contributed by atoms with Crippen molar-refractivity contribution in [2.75, 3.05) is 13.1 Å². The number of nitrogens with one attached hydrogen (secondary N) is 2. The van der Waals surface area contributed by atoms with Crippen LogP contribution in [0.2, 0.25) is 0 Å². The summed E-state index contributed by atoms with van der Waals surface area (Å²) in [5.41, 5.74) is 1.33. The molecule has 2 rings (SSSR count). The van der Waals surface area contributed by atoms with Crippen molar-refractivity contribution in [3.63, 3.8) is 0 Å². The highest BCUT2D eigenvalue weighted by Crippen LogP contribution is 2.18. The largest absolute Gasteiger partial charge is 0.314 e. The van der Waals surface area contributed by atoms with Gasteiger partial charge in [-0.3, -0.25) is 0 Å². The molecule has 2 N–H and O–H groups in total. The summed E-state index contributed by atoms with van der Waals surface area (Å²) in [5, 5.41) is 6.98. The van der Waals surface area contributed by atoms with Crippen LogP contribution in [0.5, 0.6) is 0 Å². The molecule has 0 aliphatic heterocycles. The fourth-order valence-electron chi connectivity index (χ4n) is 1.67. The van der Waals surface area contributed by atoms with Gasteiger partial charge in [0, 0.05) is 17.1 Å². The quantitative estimate of drug-likeness (QED) is 0.752. The Morgan fingerprint density at radius 1 is 1.19 bits per heavy atom. The summed E-state index contributed by atoms with van der Waals surface area (Å²) >= 11 is 3.55. The number of hydrogen-bond donors (Lipinski definition) is 2. The molecule has 1 fully saturated rings. The number of hydrogen-bond acceptors (Lipinski definition) is 2. The van der Waals surface area contributed by atoms with E-state index in [9.17, 15) is 0 Å². The number of benzene rings is 1. The Morgan fingerprint density at radius 3 is 2.75 bits per heavy atom. The molecule has 1 aliphatic rings. The Morgan fingerprint density at radius 2 is 2.00 bits per heavy atom. The van der Waals surface area contributed by atoms with Crippen LogP contribution in [0.1, 0.15) is 24.8 Å². The summed E-state index contributed by atoms with van der Waals surface area (Å²) < 4.78 is 1.19. The van der Waals surface area contributed by atoms with Crippen LogP contribution in [-0.2, 0) is 6.54 Å². The molecule has 2 nitrogen and oxygen atoms in total. The van der Waals surface area contributed by atoms with Gasteiger partial charge in [-0.2, -0.15) is 0 Å². The highest BCUT2D eigenvalue weighted by Gasteiger charge is 2.19. The minimum absolute atomic E-state index is 0.836. The molecule has 1 aliphatic carbocycles. The third-order valence-electron chi connectivity index (χ3n) is 2.81. The van der Waals surface area contributed by atoms with Gasteiger partial charge >= 0.3 is 0 Å². The maximum Gasteiger partial charge on any atom is 0.0220 e. The highest BCUT2D eigenvalue weighted by atomic mass is 79.9. The Hall–Kier alpha value is -0.380. The van der Waals surface area contributed by atoms with Crippen molar-refractivity contribution in [1.29, 1.82) is 0 Å². The van der Waals surface area contributed by atoms with E-state index in [1.807, 2.05) is 6.07 Å². The predicted molar refractivity (Wildman–Crippen MR) is 71.5 cm³/mol. The molecule has 1 saturated carbocycles. The Bertz CT molecular complexity index is 323. The van der Waals surface area contributed by atoms with E-state index >= 15 is 0 Å². The van der Waals surface area contributed by atoms with Crippen molar-refractivity contribution in [3.05, 3.63) is 34.3 Å². The fraction of sp³-hybridized carbons (Fsp3) is 0.538. The molecule has 1 aromatic carbocycles. The zero-order valence-electron chi connectivity index (χ0n) is 9.51. The van der Waals surface area contributed by atoms with E-state index in [-0.39, 0.29) is 0 Å². The lowest BCUT2D eigenvalue weighted by molar-refractivity contribution is 0.593. The van der Waals surface area contributed by atoms with Gasteiger partial charge in [0.25, 0.3) is 0 Å². The van der Waals surface area contributed by atoms with Crippen LogP contribution in [0, 0.1) is 0 Å². The lowest BCUT2D eigenvalue weighted by Gasteiger charge is -2.07. The van der Waals surface area contributed by atoms with E-state index in [0.29, 0.717) is 0 Å². The lowest BCUT2D eigenvalue weighted by Crippen LogP contribution is -2.23. The normalized spacial score (nSPS) is 15.3. The number of halogens is 1.